The monoisotopic (exact) mass is 365 g/mol. The third-order valence-electron chi connectivity index (χ3n) is 5.00. The van der Waals surface area contributed by atoms with Gasteiger partial charge in [-0.25, -0.2) is 0 Å². The number of amides is 3. The van der Waals surface area contributed by atoms with Gasteiger partial charge in [-0.2, -0.15) is 0 Å². The number of nitrogens with two attached hydrogens (primary N) is 1. The Hall–Kier alpha value is -1.92. The summed E-state index contributed by atoms with van der Waals surface area (Å²) in [7, 11) is 0. The van der Waals surface area contributed by atoms with E-state index in [2.05, 4.69) is 6.92 Å². The van der Waals surface area contributed by atoms with Crippen LogP contribution < -0.4 is 5.73 Å². The Morgan fingerprint density at radius 1 is 1.20 bits per heavy atom. The first-order valence-corrected chi connectivity index (χ1v) is 8.47. The van der Waals surface area contributed by atoms with E-state index in [1.165, 1.54) is 4.90 Å². The minimum absolute atomic E-state index is 0. The molecule has 6 nitrogen and oxygen atoms in total. The highest BCUT2D eigenvalue weighted by Crippen LogP contribution is 2.24. The summed E-state index contributed by atoms with van der Waals surface area (Å²) in [6.07, 6.45) is 2.03. The van der Waals surface area contributed by atoms with Crippen molar-refractivity contribution in [1.82, 2.24) is 9.80 Å². The van der Waals surface area contributed by atoms with E-state index >= 15 is 0 Å². The highest BCUT2D eigenvalue weighted by Gasteiger charge is 2.36. The van der Waals surface area contributed by atoms with Crippen LogP contribution in [0.25, 0.3) is 0 Å². The number of halogens is 1. The van der Waals surface area contributed by atoms with Crippen molar-refractivity contribution in [2.75, 3.05) is 19.6 Å². The minimum atomic E-state index is -0.314. The minimum Gasteiger partial charge on any atom is -0.338 e. The van der Waals surface area contributed by atoms with Gasteiger partial charge in [0.05, 0.1) is 11.1 Å². The van der Waals surface area contributed by atoms with Crippen LogP contribution in [-0.2, 0) is 4.79 Å². The third-order valence-corrected chi connectivity index (χ3v) is 5.00. The highest BCUT2D eigenvalue weighted by molar-refractivity contribution is 6.21. The zero-order chi connectivity index (χ0) is 17.3. The van der Waals surface area contributed by atoms with Gasteiger partial charge >= 0.3 is 0 Å². The number of benzene rings is 1. The molecule has 3 rings (SSSR count). The van der Waals surface area contributed by atoms with E-state index in [9.17, 15) is 14.4 Å². The fourth-order valence-corrected chi connectivity index (χ4v) is 3.60. The van der Waals surface area contributed by atoms with Gasteiger partial charge in [-0.3, -0.25) is 19.3 Å². The summed E-state index contributed by atoms with van der Waals surface area (Å²) in [5, 5.41) is 0. The van der Waals surface area contributed by atoms with Crippen LogP contribution in [0.15, 0.2) is 24.3 Å². The number of likely N-dealkylation sites (tertiary alicyclic amines) is 1. The van der Waals surface area contributed by atoms with Crippen LogP contribution in [0.2, 0.25) is 0 Å². The normalized spacial score (nSPS) is 22.6. The molecule has 2 unspecified atom stereocenters. The molecular weight excluding hydrogens is 342 g/mol. The smallest absolute Gasteiger partial charge is 0.261 e. The van der Waals surface area contributed by atoms with Gasteiger partial charge in [-0.1, -0.05) is 19.1 Å². The first-order chi connectivity index (χ1) is 11.5. The van der Waals surface area contributed by atoms with Gasteiger partial charge in [-0.05, 0) is 30.9 Å². The first-order valence-electron chi connectivity index (χ1n) is 8.47. The molecule has 1 aromatic carbocycles. The van der Waals surface area contributed by atoms with E-state index in [-0.39, 0.29) is 49.1 Å². The van der Waals surface area contributed by atoms with Gasteiger partial charge < -0.3 is 10.6 Å². The summed E-state index contributed by atoms with van der Waals surface area (Å²) >= 11 is 0. The van der Waals surface area contributed by atoms with Crippen molar-refractivity contribution in [3.63, 3.8) is 0 Å². The molecule has 0 saturated carbocycles. The highest BCUT2D eigenvalue weighted by atomic mass is 35.5. The van der Waals surface area contributed by atoms with Gasteiger partial charge in [0.25, 0.3) is 11.8 Å². The molecule has 1 fully saturated rings. The molecule has 1 saturated heterocycles. The molecule has 25 heavy (non-hydrogen) atoms. The van der Waals surface area contributed by atoms with Crippen LogP contribution in [-0.4, -0.2) is 53.2 Å². The number of carbonyl (C=O) groups excluding carboxylic acids is 3. The van der Waals surface area contributed by atoms with Crippen molar-refractivity contribution in [2.24, 2.45) is 11.7 Å². The van der Waals surface area contributed by atoms with Crippen molar-refractivity contribution >= 4 is 30.1 Å². The summed E-state index contributed by atoms with van der Waals surface area (Å²) < 4.78 is 0. The van der Waals surface area contributed by atoms with Crippen LogP contribution in [0.4, 0.5) is 0 Å². The van der Waals surface area contributed by atoms with Crippen LogP contribution in [0.5, 0.6) is 0 Å². The maximum Gasteiger partial charge on any atom is 0.261 e. The van der Waals surface area contributed by atoms with E-state index < -0.39 is 0 Å². The first kappa shape index (κ1) is 19.4. The molecule has 2 aliphatic rings. The second-order valence-corrected chi connectivity index (χ2v) is 6.66. The Morgan fingerprint density at radius 2 is 1.80 bits per heavy atom. The summed E-state index contributed by atoms with van der Waals surface area (Å²) in [6, 6.07) is 6.82. The van der Waals surface area contributed by atoms with E-state index in [1.54, 1.807) is 24.3 Å². The average molecular weight is 366 g/mol. The third kappa shape index (κ3) is 3.70. The van der Waals surface area contributed by atoms with Gasteiger partial charge in [0.15, 0.2) is 0 Å². The number of carbonyl (C=O) groups is 3. The topological polar surface area (TPSA) is 83.7 Å². The second-order valence-electron chi connectivity index (χ2n) is 6.66. The molecular formula is C18H24ClN3O3. The fraction of sp³-hybridized carbons (Fsp3) is 0.500. The Balaban J connectivity index is 0.00000225. The van der Waals surface area contributed by atoms with Crippen molar-refractivity contribution in [3.8, 4) is 0 Å². The summed E-state index contributed by atoms with van der Waals surface area (Å²) in [6.45, 7) is 3.44. The van der Waals surface area contributed by atoms with Gasteiger partial charge in [0.1, 0.15) is 0 Å². The van der Waals surface area contributed by atoms with Crippen molar-refractivity contribution in [1.29, 1.82) is 0 Å². The zero-order valence-corrected chi connectivity index (χ0v) is 15.1. The number of fused-ring (bicyclic) bond motifs is 1. The van der Waals surface area contributed by atoms with Gasteiger partial charge in [-0.15, -0.1) is 12.4 Å². The lowest BCUT2D eigenvalue weighted by molar-refractivity contribution is -0.135. The molecule has 7 heteroatoms. The quantitative estimate of drug-likeness (QED) is 0.823. The lowest BCUT2D eigenvalue weighted by Gasteiger charge is -2.38. The predicted octanol–water partition coefficient (Wildman–Crippen LogP) is 1.68. The molecule has 0 aromatic heterocycles. The average Bonchev–Trinajstić information content (AvgIpc) is 2.84. The molecule has 1 aromatic rings. The molecule has 2 heterocycles. The molecule has 2 N–H and O–H groups in total. The summed E-state index contributed by atoms with van der Waals surface area (Å²) in [5.74, 6) is -0.0928. The Labute approximate surface area is 153 Å². The largest absolute Gasteiger partial charge is 0.338 e. The number of hydrogen-bond acceptors (Lipinski definition) is 4. The van der Waals surface area contributed by atoms with Gasteiger partial charge in [0.2, 0.25) is 5.91 Å². The Kier molecular flexibility index (Phi) is 6.19. The molecule has 0 bridgehead atoms. The molecule has 0 spiro atoms. The predicted molar refractivity (Wildman–Crippen MR) is 96.6 cm³/mol. The molecule has 2 atom stereocenters. The van der Waals surface area contributed by atoms with E-state index in [4.69, 9.17) is 5.73 Å². The van der Waals surface area contributed by atoms with Crippen molar-refractivity contribution in [3.05, 3.63) is 35.4 Å². The fourth-order valence-electron chi connectivity index (χ4n) is 3.60. The van der Waals surface area contributed by atoms with Crippen LogP contribution in [0, 0.1) is 5.92 Å². The SMILES string of the molecule is CC1CCN(C(=O)CCN2C(=O)c3ccccc3C2=O)C(CN)C1.Cl. The maximum absolute atomic E-state index is 12.5. The molecule has 3 amide bonds. The number of rotatable bonds is 4. The molecule has 136 valence electrons. The number of imide groups is 1. The lowest BCUT2D eigenvalue weighted by atomic mass is 9.92. The maximum atomic E-state index is 12.5. The van der Waals surface area contributed by atoms with Crippen molar-refractivity contribution < 1.29 is 14.4 Å². The number of hydrogen-bond donors (Lipinski definition) is 1. The number of piperidine rings is 1. The Bertz CT molecular complexity index is 644. The van der Waals surface area contributed by atoms with Gasteiger partial charge in [0, 0.05) is 32.1 Å². The zero-order valence-electron chi connectivity index (χ0n) is 14.3. The molecule has 0 aliphatic carbocycles. The van der Waals surface area contributed by atoms with E-state index in [1.807, 2.05) is 4.90 Å². The van der Waals surface area contributed by atoms with Crippen molar-refractivity contribution in [2.45, 2.75) is 32.2 Å². The summed E-state index contributed by atoms with van der Waals surface area (Å²) in [5.41, 5.74) is 6.64. The van der Waals surface area contributed by atoms with E-state index in [0.717, 1.165) is 12.8 Å². The van der Waals surface area contributed by atoms with E-state index in [0.29, 0.717) is 30.1 Å². The van der Waals surface area contributed by atoms with Crippen LogP contribution in [0.3, 0.4) is 0 Å². The second kappa shape index (κ2) is 7.97. The standard InChI is InChI=1S/C18H23N3O3.ClH/c1-12-6-8-20(13(10-12)11-19)16(22)7-9-21-17(23)14-4-2-3-5-15(14)18(21)24;/h2-5,12-13H,6-11,19H2,1H3;1H. The van der Waals surface area contributed by atoms with Crippen LogP contribution >= 0.6 is 12.4 Å². The number of nitrogens with zero attached hydrogens (tertiary/aromatic N) is 2. The summed E-state index contributed by atoms with van der Waals surface area (Å²) in [4.78, 5) is 40.2. The molecule has 2 aliphatic heterocycles. The molecule has 0 radical (unpaired) electrons. The lowest BCUT2D eigenvalue weighted by Crippen LogP contribution is -2.50. The van der Waals surface area contributed by atoms with Crippen LogP contribution in [0.1, 0.15) is 46.9 Å². The Morgan fingerprint density at radius 3 is 2.36 bits per heavy atom.